The number of ether oxygens (including phenoxy) is 2. The maximum absolute atomic E-state index is 11.2. The number of benzene rings is 2. The Bertz CT molecular complexity index is 784. The topological polar surface area (TPSA) is 91.0 Å². The fraction of sp³-hybridized carbons (Fsp3) is 0.133. The van der Waals surface area contributed by atoms with Crippen molar-refractivity contribution < 1.29 is 17.9 Å². The molecule has 0 heterocycles. The molecule has 0 saturated carbocycles. The third kappa shape index (κ3) is 3.84. The van der Waals surface area contributed by atoms with Gasteiger partial charge in [-0.2, -0.15) is 0 Å². The van der Waals surface area contributed by atoms with E-state index in [0.29, 0.717) is 17.2 Å². The Balaban J connectivity index is 2.25. The van der Waals surface area contributed by atoms with Gasteiger partial charge in [0.2, 0.25) is 10.0 Å². The minimum atomic E-state index is -3.69. The van der Waals surface area contributed by atoms with Crippen molar-refractivity contribution in [1.29, 1.82) is 0 Å². The first-order valence-electron chi connectivity index (χ1n) is 6.33. The molecule has 6 nitrogen and oxygen atoms in total. The Labute approximate surface area is 129 Å². The molecule has 0 aliphatic rings. The predicted octanol–water partition coefficient (Wildman–Crippen LogP) is 2.10. The molecule has 2 aromatic carbocycles. The summed E-state index contributed by atoms with van der Waals surface area (Å²) in [6.07, 6.45) is 1.63. The van der Waals surface area contributed by atoms with E-state index in [0.717, 1.165) is 5.56 Å². The number of nitrogens with zero attached hydrogens (tertiary/aromatic N) is 1. The average Bonchev–Trinajstić information content (AvgIpc) is 2.52. The molecule has 116 valence electrons. The van der Waals surface area contributed by atoms with Crippen molar-refractivity contribution in [3.63, 3.8) is 0 Å². The van der Waals surface area contributed by atoms with Crippen LogP contribution in [0.4, 0.5) is 5.69 Å². The summed E-state index contributed by atoms with van der Waals surface area (Å²) in [6.45, 7) is 0. The second-order valence-corrected chi connectivity index (χ2v) is 5.97. The van der Waals surface area contributed by atoms with Gasteiger partial charge in [-0.3, -0.25) is 4.99 Å². The van der Waals surface area contributed by atoms with Crippen LogP contribution in [0, 0.1) is 0 Å². The van der Waals surface area contributed by atoms with Crippen LogP contribution >= 0.6 is 0 Å². The van der Waals surface area contributed by atoms with Gasteiger partial charge in [0.15, 0.2) is 0 Å². The second kappa shape index (κ2) is 6.59. The lowest BCUT2D eigenvalue weighted by Gasteiger charge is -2.06. The summed E-state index contributed by atoms with van der Waals surface area (Å²) >= 11 is 0. The molecule has 0 bridgehead atoms. The van der Waals surface area contributed by atoms with Gasteiger partial charge in [0.25, 0.3) is 0 Å². The first-order chi connectivity index (χ1) is 10.4. The molecule has 22 heavy (non-hydrogen) atoms. The molecule has 2 rings (SSSR count). The molecule has 0 radical (unpaired) electrons. The van der Waals surface area contributed by atoms with E-state index in [-0.39, 0.29) is 4.90 Å². The number of aliphatic imine (C=N–C) groups is 1. The standard InChI is InChI=1S/C15H16N2O4S/c1-20-13-6-3-11(15(9-13)21-2)10-17-12-4-7-14(8-5-12)22(16,18)19/h3-10H,1-2H3,(H2,16,18,19)/b17-10+. The van der Waals surface area contributed by atoms with Crippen molar-refractivity contribution in [3.05, 3.63) is 48.0 Å². The van der Waals surface area contributed by atoms with E-state index >= 15 is 0 Å². The molecule has 7 heteroatoms. The molecular weight excluding hydrogens is 304 g/mol. The third-order valence-corrected chi connectivity index (χ3v) is 3.89. The Morgan fingerprint density at radius 3 is 2.27 bits per heavy atom. The number of hydrogen-bond acceptors (Lipinski definition) is 5. The quantitative estimate of drug-likeness (QED) is 0.854. The third-order valence-electron chi connectivity index (χ3n) is 2.96. The molecule has 0 aliphatic heterocycles. The summed E-state index contributed by atoms with van der Waals surface area (Å²) in [5, 5.41) is 5.04. The van der Waals surface area contributed by atoms with Gasteiger partial charge in [-0.05, 0) is 36.4 Å². The fourth-order valence-corrected chi connectivity index (χ4v) is 2.31. The maximum Gasteiger partial charge on any atom is 0.238 e. The van der Waals surface area contributed by atoms with Crippen molar-refractivity contribution in [2.75, 3.05) is 14.2 Å². The van der Waals surface area contributed by atoms with Gasteiger partial charge < -0.3 is 9.47 Å². The van der Waals surface area contributed by atoms with Crippen LogP contribution in [0.5, 0.6) is 11.5 Å². The molecule has 0 amide bonds. The summed E-state index contributed by atoms with van der Waals surface area (Å²) < 4.78 is 32.8. The normalized spacial score (nSPS) is 11.6. The molecule has 0 unspecified atom stereocenters. The van der Waals surface area contributed by atoms with E-state index in [4.69, 9.17) is 14.6 Å². The highest BCUT2D eigenvalue weighted by Gasteiger charge is 2.06. The van der Waals surface area contributed by atoms with E-state index in [2.05, 4.69) is 4.99 Å². The predicted molar refractivity (Wildman–Crippen MR) is 84.6 cm³/mol. The number of nitrogens with two attached hydrogens (primary N) is 1. The summed E-state index contributed by atoms with van der Waals surface area (Å²) in [6, 6.07) is 11.3. The van der Waals surface area contributed by atoms with Gasteiger partial charge >= 0.3 is 0 Å². The van der Waals surface area contributed by atoms with Gasteiger partial charge in [0, 0.05) is 17.8 Å². The first-order valence-corrected chi connectivity index (χ1v) is 7.87. The highest BCUT2D eigenvalue weighted by atomic mass is 32.2. The summed E-state index contributed by atoms with van der Waals surface area (Å²) in [5.74, 6) is 1.32. The van der Waals surface area contributed by atoms with Crippen LogP contribution in [0.2, 0.25) is 0 Å². The van der Waals surface area contributed by atoms with E-state index in [1.807, 2.05) is 6.07 Å². The minimum absolute atomic E-state index is 0.0495. The Kier molecular flexibility index (Phi) is 4.79. The van der Waals surface area contributed by atoms with Gasteiger partial charge in [0.05, 0.1) is 24.8 Å². The SMILES string of the molecule is COc1ccc(/C=N/c2ccc(S(N)(=O)=O)cc2)c(OC)c1. The largest absolute Gasteiger partial charge is 0.497 e. The zero-order valence-corrected chi connectivity index (χ0v) is 13.0. The first kappa shape index (κ1) is 16.0. The van der Waals surface area contributed by atoms with Crippen LogP contribution in [-0.4, -0.2) is 28.9 Å². The minimum Gasteiger partial charge on any atom is -0.497 e. The van der Waals surface area contributed by atoms with Gasteiger partial charge in [-0.1, -0.05) is 0 Å². The molecule has 2 aromatic rings. The van der Waals surface area contributed by atoms with E-state index < -0.39 is 10.0 Å². The number of sulfonamides is 1. The highest BCUT2D eigenvalue weighted by Crippen LogP contribution is 2.24. The molecule has 0 aliphatic carbocycles. The monoisotopic (exact) mass is 320 g/mol. The van der Waals surface area contributed by atoms with Gasteiger partial charge in [0.1, 0.15) is 11.5 Å². The lowest BCUT2D eigenvalue weighted by molar-refractivity contribution is 0.394. The van der Waals surface area contributed by atoms with Gasteiger partial charge in [-0.15, -0.1) is 0 Å². The van der Waals surface area contributed by atoms with E-state index in [1.165, 1.54) is 12.1 Å². The van der Waals surface area contributed by atoms with Crippen molar-refractivity contribution in [1.82, 2.24) is 0 Å². The molecule has 0 aromatic heterocycles. The molecule has 0 atom stereocenters. The van der Waals surface area contributed by atoms with Crippen molar-refractivity contribution in [2.45, 2.75) is 4.90 Å². The number of primary sulfonamides is 1. The van der Waals surface area contributed by atoms with E-state index in [1.54, 1.807) is 44.7 Å². The Hall–Kier alpha value is -2.38. The van der Waals surface area contributed by atoms with Crippen molar-refractivity contribution >= 4 is 21.9 Å². The summed E-state index contributed by atoms with van der Waals surface area (Å²) in [5.41, 5.74) is 1.38. The number of rotatable bonds is 5. The van der Waals surface area contributed by atoms with Gasteiger partial charge in [-0.25, -0.2) is 13.6 Å². The highest BCUT2D eigenvalue weighted by molar-refractivity contribution is 7.89. The smallest absolute Gasteiger partial charge is 0.238 e. The lowest BCUT2D eigenvalue weighted by atomic mass is 10.2. The van der Waals surface area contributed by atoms with E-state index in [9.17, 15) is 8.42 Å². The van der Waals surface area contributed by atoms with Crippen LogP contribution < -0.4 is 14.6 Å². The van der Waals surface area contributed by atoms with Crippen LogP contribution in [-0.2, 0) is 10.0 Å². The molecule has 0 spiro atoms. The Morgan fingerprint density at radius 1 is 1.05 bits per heavy atom. The number of methoxy groups -OCH3 is 2. The Morgan fingerprint density at radius 2 is 1.73 bits per heavy atom. The van der Waals surface area contributed by atoms with Crippen LogP contribution in [0.1, 0.15) is 5.56 Å². The molecule has 0 fully saturated rings. The second-order valence-electron chi connectivity index (χ2n) is 4.40. The maximum atomic E-state index is 11.2. The number of hydrogen-bond donors (Lipinski definition) is 1. The van der Waals surface area contributed by atoms with Crippen molar-refractivity contribution in [2.24, 2.45) is 10.1 Å². The zero-order chi connectivity index (χ0) is 16.2. The molecule has 0 saturated heterocycles. The van der Waals surface area contributed by atoms with Crippen LogP contribution in [0.3, 0.4) is 0 Å². The summed E-state index contributed by atoms with van der Waals surface area (Å²) in [4.78, 5) is 4.33. The summed E-state index contributed by atoms with van der Waals surface area (Å²) in [7, 11) is -0.549. The fourth-order valence-electron chi connectivity index (χ4n) is 1.79. The van der Waals surface area contributed by atoms with Crippen LogP contribution in [0.15, 0.2) is 52.4 Å². The average molecular weight is 320 g/mol. The molecular formula is C15H16N2O4S. The molecule has 2 N–H and O–H groups in total. The van der Waals surface area contributed by atoms with Crippen LogP contribution in [0.25, 0.3) is 0 Å². The zero-order valence-electron chi connectivity index (χ0n) is 12.2. The lowest BCUT2D eigenvalue weighted by Crippen LogP contribution is -2.11. The van der Waals surface area contributed by atoms with Crippen molar-refractivity contribution in [3.8, 4) is 11.5 Å².